The van der Waals surface area contributed by atoms with Crippen molar-refractivity contribution in [3.05, 3.63) is 85.1 Å². The average molecular weight is 924 g/mol. The molecular formula is C47H73NO17. The van der Waals surface area contributed by atoms with Crippen molar-refractivity contribution in [3.63, 3.8) is 0 Å². The van der Waals surface area contributed by atoms with Gasteiger partial charge in [-0.25, -0.2) is 0 Å². The van der Waals surface area contributed by atoms with Crippen molar-refractivity contribution in [1.82, 2.24) is 0 Å². The van der Waals surface area contributed by atoms with Crippen LogP contribution in [0.2, 0.25) is 0 Å². The van der Waals surface area contributed by atoms with Crippen molar-refractivity contribution in [2.45, 2.75) is 177 Å². The highest BCUT2D eigenvalue weighted by Gasteiger charge is 2.51. The van der Waals surface area contributed by atoms with Crippen LogP contribution in [0.1, 0.15) is 79.1 Å². The van der Waals surface area contributed by atoms with Crippen LogP contribution in [0.4, 0.5) is 0 Å². The third kappa shape index (κ3) is 18.6. The molecule has 0 spiro atoms. The molecule has 13 N–H and O–H groups in total. The summed E-state index contributed by atoms with van der Waals surface area (Å²) in [4.78, 5) is 25.1. The molecule has 0 aromatic carbocycles. The zero-order chi connectivity index (χ0) is 48.4. The van der Waals surface area contributed by atoms with Gasteiger partial charge in [0, 0.05) is 37.5 Å². The third-order valence-corrected chi connectivity index (χ3v) is 12.0. The van der Waals surface area contributed by atoms with Gasteiger partial charge in [0.15, 0.2) is 12.1 Å². The van der Waals surface area contributed by atoms with Gasteiger partial charge in [0.1, 0.15) is 18.1 Å². The van der Waals surface area contributed by atoms with Crippen LogP contribution in [0.25, 0.3) is 0 Å². The minimum atomic E-state index is -2.33. The fraction of sp³-hybridized carbons (Fsp3) is 0.660. The Morgan fingerprint density at radius 2 is 1.23 bits per heavy atom. The summed E-state index contributed by atoms with van der Waals surface area (Å²) >= 11 is 0. The first-order valence-corrected chi connectivity index (χ1v) is 22.3. The molecule has 2 bridgehead atoms. The van der Waals surface area contributed by atoms with Gasteiger partial charge in [-0.15, -0.1) is 0 Å². The highest BCUT2D eigenvalue weighted by Crippen LogP contribution is 2.38. The lowest BCUT2D eigenvalue weighted by atomic mass is 9.82. The zero-order valence-corrected chi connectivity index (χ0v) is 37.6. The third-order valence-electron chi connectivity index (χ3n) is 12.0. The summed E-state index contributed by atoms with van der Waals surface area (Å²) in [6, 6.07) is -1.15. The zero-order valence-electron chi connectivity index (χ0n) is 37.6. The van der Waals surface area contributed by atoms with E-state index in [1.54, 1.807) is 80.7 Å². The number of aliphatic hydroxyl groups excluding tert-OH is 9. The molecule has 0 aliphatic carbocycles. The molecule has 0 amide bonds. The van der Waals surface area contributed by atoms with E-state index in [1.165, 1.54) is 13.0 Å². The number of fused-ring (bicyclic) bond motifs is 2. The number of rotatable bonds is 3. The minimum absolute atomic E-state index is 0.107. The summed E-state index contributed by atoms with van der Waals surface area (Å²) in [5, 5.41) is 118. The van der Waals surface area contributed by atoms with E-state index in [1.807, 2.05) is 19.1 Å². The summed E-state index contributed by atoms with van der Waals surface area (Å²) in [5.41, 5.74) is 6.02. The number of nitrogens with two attached hydrogens (primary N) is 1. The highest BCUT2D eigenvalue weighted by molar-refractivity contribution is 5.71. The number of allylic oxidation sites excluding steroid dienone is 12. The number of cyclic esters (lactones) is 1. The first-order valence-electron chi connectivity index (χ1n) is 22.3. The van der Waals surface area contributed by atoms with Crippen molar-refractivity contribution >= 4 is 11.9 Å². The Morgan fingerprint density at radius 1 is 0.662 bits per heavy atom. The molecule has 3 heterocycles. The van der Waals surface area contributed by atoms with Crippen LogP contribution in [-0.2, 0) is 28.5 Å². The predicted octanol–water partition coefficient (Wildman–Crippen LogP) is 0.712. The molecule has 0 saturated carbocycles. The molecule has 18 heteroatoms. The van der Waals surface area contributed by atoms with E-state index < -0.39 is 147 Å². The SMILES string of the molecule is C[C@@H]1[C@H](O)[C@@H](C)/C=C/C=C/C=C/C=C/C=C/C=C/C=C/[C@H](OC2O[C@H](C)[C@@H](O)[C@H](N)[C@H]2O)C[C@@H]2O[C@](O)(C[C@@H](O)C[C@@H](O)C(O)CC[C@@H](O)C[C@@H](O)CC(=O)O[C@H]1C)C[C@H](O)[C@H]2C(=O)O. The lowest BCUT2D eigenvalue weighted by molar-refractivity contribution is -0.308. The fourth-order valence-corrected chi connectivity index (χ4v) is 7.97. The van der Waals surface area contributed by atoms with Crippen molar-refractivity contribution in [2.75, 3.05) is 0 Å². The monoisotopic (exact) mass is 923 g/mol. The molecule has 65 heavy (non-hydrogen) atoms. The maximum Gasteiger partial charge on any atom is 0.311 e. The van der Waals surface area contributed by atoms with Gasteiger partial charge in [-0.1, -0.05) is 98.9 Å². The second kappa shape index (κ2) is 27.4. The lowest BCUT2D eigenvalue weighted by Gasteiger charge is -2.45. The van der Waals surface area contributed by atoms with Crippen molar-refractivity contribution in [3.8, 4) is 0 Å². The summed E-state index contributed by atoms with van der Waals surface area (Å²) < 4.78 is 23.1. The van der Waals surface area contributed by atoms with Crippen molar-refractivity contribution < 1.29 is 84.7 Å². The largest absolute Gasteiger partial charge is 0.481 e. The Kier molecular flexibility index (Phi) is 23.6. The average Bonchev–Trinajstić information content (AvgIpc) is 3.21. The summed E-state index contributed by atoms with van der Waals surface area (Å²) in [5.74, 6) is -6.83. The number of esters is 1. The molecule has 3 aliphatic rings. The Balaban J connectivity index is 1.86. The number of carbonyl (C=O) groups is 2. The summed E-state index contributed by atoms with van der Waals surface area (Å²) in [7, 11) is 0. The fourth-order valence-electron chi connectivity index (χ4n) is 7.97. The first kappa shape index (κ1) is 55.9. The number of aliphatic hydroxyl groups is 10. The van der Waals surface area contributed by atoms with Crippen LogP contribution in [0.15, 0.2) is 85.1 Å². The van der Waals surface area contributed by atoms with Crippen LogP contribution >= 0.6 is 0 Å². The molecule has 2 unspecified atom stereocenters. The topological polar surface area (TPSA) is 320 Å². The van der Waals surface area contributed by atoms with Gasteiger partial charge in [-0.05, 0) is 33.1 Å². The first-order chi connectivity index (χ1) is 30.6. The highest BCUT2D eigenvalue weighted by atomic mass is 16.7. The van der Waals surface area contributed by atoms with E-state index in [-0.39, 0.29) is 31.6 Å². The Morgan fingerprint density at radius 3 is 1.82 bits per heavy atom. The van der Waals surface area contributed by atoms with Gasteiger partial charge in [0.05, 0.1) is 79.6 Å². The van der Waals surface area contributed by atoms with E-state index in [0.717, 1.165) is 0 Å². The lowest BCUT2D eigenvalue weighted by Crippen LogP contribution is -2.61. The van der Waals surface area contributed by atoms with Crippen LogP contribution in [0.5, 0.6) is 0 Å². The number of hydrogen-bond acceptors (Lipinski definition) is 17. The Hall–Kier alpha value is -3.44. The van der Waals surface area contributed by atoms with Crippen LogP contribution in [0.3, 0.4) is 0 Å². The van der Waals surface area contributed by atoms with E-state index in [2.05, 4.69) is 0 Å². The number of carbonyl (C=O) groups excluding carboxylic acids is 1. The molecular weight excluding hydrogens is 851 g/mol. The number of aliphatic carboxylic acids is 1. The Bertz CT molecular complexity index is 1670. The molecule has 18 nitrogen and oxygen atoms in total. The quantitative estimate of drug-likeness (QED) is 0.174. The Labute approximate surface area is 381 Å². The van der Waals surface area contributed by atoms with Crippen LogP contribution in [0, 0.1) is 17.8 Å². The molecule has 0 aromatic rings. The summed E-state index contributed by atoms with van der Waals surface area (Å²) in [6.07, 6.45) is 3.46. The van der Waals surface area contributed by atoms with Crippen LogP contribution in [-0.4, -0.2) is 166 Å². The molecule has 3 rings (SSSR count). The van der Waals surface area contributed by atoms with E-state index in [4.69, 9.17) is 24.7 Å². The van der Waals surface area contributed by atoms with E-state index >= 15 is 0 Å². The maximum atomic E-state index is 12.6. The smallest absolute Gasteiger partial charge is 0.311 e. The standard InChI is InChI=1S/C47H73NO17/c1-27-17-15-13-11-9-7-5-6-8-10-12-14-16-18-34(64-46-44(58)41(48)43(57)30(4)63-46)24-38-40(45(59)60)37(54)26-47(61,65-38)25-33(51)22-36(53)35(52)20-19-31(49)21-32(50)23-39(55)62-29(3)28(2)42(27)56/h5-18,27-38,40-44,46,49-54,56-58,61H,19-26,48H2,1-4H3,(H,59,60)/b6-5+,9-7+,10-8+,13-11+,14-12+,17-15+,18-16+/t27-,28-,29-,30+,31+,32+,33-,34-,35?,36+,37-,38-,40+,41-,42+,43+,44+,46?,47+/m0/s1. The number of hydrogen-bond donors (Lipinski definition) is 12. The number of carboxylic acids is 1. The van der Waals surface area contributed by atoms with Gasteiger partial charge >= 0.3 is 11.9 Å². The molecule has 0 radical (unpaired) electrons. The van der Waals surface area contributed by atoms with Gasteiger partial charge in [0.25, 0.3) is 0 Å². The van der Waals surface area contributed by atoms with Crippen molar-refractivity contribution in [2.24, 2.45) is 23.5 Å². The van der Waals surface area contributed by atoms with E-state index in [9.17, 15) is 65.8 Å². The second-order valence-corrected chi connectivity index (χ2v) is 17.6. The van der Waals surface area contributed by atoms with Gasteiger partial charge in [-0.2, -0.15) is 0 Å². The molecule has 3 aliphatic heterocycles. The predicted molar refractivity (Wildman–Crippen MR) is 237 cm³/mol. The molecule has 368 valence electrons. The number of ether oxygens (including phenoxy) is 4. The van der Waals surface area contributed by atoms with E-state index in [0.29, 0.717) is 0 Å². The second-order valence-electron chi connectivity index (χ2n) is 17.6. The normalized spacial score (nSPS) is 45.5. The van der Waals surface area contributed by atoms with Gasteiger partial charge in [0.2, 0.25) is 0 Å². The molecule has 2 fully saturated rings. The number of carboxylic acid groups (broad SMARTS) is 1. The van der Waals surface area contributed by atoms with Crippen molar-refractivity contribution in [1.29, 1.82) is 0 Å². The van der Waals surface area contributed by atoms with Gasteiger partial charge < -0.3 is 80.9 Å². The molecule has 2 saturated heterocycles. The van der Waals surface area contributed by atoms with Gasteiger partial charge in [-0.3, -0.25) is 9.59 Å². The summed E-state index contributed by atoms with van der Waals surface area (Å²) in [6.45, 7) is 6.74. The molecule has 0 aromatic heterocycles. The molecule has 19 atom stereocenters. The maximum absolute atomic E-state index is 12.6. The minimum Gasteiger partial charge on any atom is -0.481 e. The van der Waals surface area contributed by atoms with Crippen LogP contribution < -0.4 is 5.73 Å².